The first kappa shape index (κ1) is 16.4. The van der Waals surface area contributed by atoms with E-state index in [0.717, 1.165) is 4.90 Å². The number of phenolic OH excluding ortho intramolecular Hbond substituents is 1. The third-order valence-corrected chi connectivity index (χ3v) is 3.64. The lowest BCUT2D eigenvalue weighted by Crippen LogP contribution is -2.53. The Balaban J connectivity index is 1.88. The third kappa shape index (κ3) is 3.55. The number of urea groups is 1. The average Bonchev–Trinajstić information content (AvgIpc) is 2.59. The van der Waals surface area contributed by atoms with Crippen LogP contribution in [0.4, 0.5) is 9.18 Å². The van der Waals surface area contributed by atoms with Crippen molar-refractivity contribution in [1.29, 1.82) is 0 Å². The fourth-order valence-corrected chi connectivity index (χ4v) is 2.35. The van der Waals surface area contributed by atoms with Gasteiger partial charge in [0.1, 0.15) is 17.1 Å². The van der Waals surface area contributed by atoms with E-state index >= 15 is 0 Å². The number of nitrogens with one attached hydrogen (secondary N) is 1. The molecule has 2 N–H and O–H groups in total. The second kappa shape index (κ2) is 6.56. The molecule has 3 rings (SSSR count). The fourth-order valence-electron chi connectivity index (χ4n) is 2.35. The van der Waals surface area contributed by atoms with Gasteiger partial charge in [-0.15, -0.1) is 0 Å². The zero-order valence-corrected chi connectivity index (χ0v) is 12.9. The molecule has 4 amide bonds. The van der Waals surface area contributed by atoms with Gasteiger partial charge in [0.05, 0.1) is 6.54 Å². The van der Waals surface area contributed by atoms with Gasteiger partial charge in [0.15, 0.2) is 0 Å². The summed E-state index contributed by atoms with van der Waals surface area (Å²) in [5.74, 6) is -1.92. The molecule has 7 heteroatoms. The summed E-state index contributed by atoms with van der Waals surface area (Å²) in [6.07, 6.45) is 1.33. The van der Waals surface area contributed by atoms with E-state index in [1.165, 1.54) is 54.6 Å². The lowest BCUT2D eigenvalue weighted by atomic mass is 10.1. The number of barbiturate groups is 1. The van der Waals surface area contributed by atoms with E-state index in [1.807, 2.05) is 0 Å². The Morgan fingerprint density at radius 2 is 1.64 bits per heavy atom. The van der Waals surface area contributed by atoms with Crippen LogP contribution in [0, 0.1) is 5.82 Å². The minimum Gasteiger partial charge on any atom is -0.508 e. The number of benzene rings is 2. The molecule has 0 atom stereocenters. The number of carbonyl (C=O) groups is 3. The van der Waals surface area contributed by atoms with Crippen LogP contribution in [0.15, 0.2) is 54.1 Å². The van der Waals surface area contributed by atoms with Crippen LogP contribution in [-0.4, -0.2) is 27.9 Å². The molecule has 6 nitrogen and oxygen atoms in total. The molecule has 1 saturated heterocycles. The molecule has 0 spiro atoms. The molecule has 1 heterocycles. The zero-order chi connectivity index (χ0) is 18.0. The Morgan fingerprint density at radius 1 is 1.00 bits per heavy atom. The predicted octanol–water partition coefficient (Wildman–Crippen LogP) is 2.19. The number of hydrogen-bond donors (Lipinski definition) is 2. The Hall–Kier alpha value is -3.48. The molecule has 0 saturated carbocycles. The first-order valence-corrected chi connectivity index (χ1v) is 7.36. The van der Waals surface area contributed by atoms with E-state index in [0.29, 0.717) is 11.1 Å². The Labute approximate surface area is 142 Å². The average molecular weight is 340 g/mol. The van der Waals surface area contributed by atoms with E-state index < -0.39 is 23.7 Å². The van der Waals surface area contributed by atoms with Gasteiger partial charge >= 0.3 is 6.03 Å². The zero-order valence-electron chi connectivity index (χ0n) is 12.9. The van der Waals surface area contributed by atoms with Crippen LogP contribution in [0.2, 0.25) is 0 Å². The van der Waals surface area contributed by atoms with Crippen molar-refractivity contribution in [3.8, 4) is 5.75 Å². The molecule has 25 heavy (non-hydrogen) atoms. The van der Waals surface area contributed by atoms with Crippen molar-refractivity contribution in [3.05, 3.63) is 71.0 Å². The van der Waals surface area contributed by atoms with Crippen LogP contribution in [0.25, 0.3) is 6.08 Å². The number of nitrogens with zero attached hydrogens (tertiary/aromatic N) is 1. The highest BCUT2D eigenvalue weighted by Gasteiger charge is 2.35. The molecule has 1 fully saturated rings. The number of amides is 4. The van der Waals surface area contributed by atoms with Crippen LogP contribution in [0.5, 0.6) is 5.75 Å². The maximum atomic E-state index is 13.0. The molecule has 0 aromatic heterocycles. The minimum absolute atomic E-state index is 0.0506. The van der Waals surface area contributed by atoms with E-state index in [2.05, 4.69) is 5.32 Å². The van der Waals surface area contributed by atoms with Crippen molar-refractivity contribution in [1.82, 2.24) is 10.2 Å². The summed E-state index contributed by atoms with van der Waals surface area (Å²) in [6, 6.07) is 10.4. The van der Waals surface area contributed by atoms with Crippen LogP contribution in [0.1, 0.15) is 11.1 Å². The van der Waals surface area contributed by atoms with E-state index in [4.69, 9.17) is 0 Å². The highest BCUT2D eigenvalue weighted by molar-refractivity contribution is 6.30. The van der Waals surface area contributed by atoms with Crippen LogP contribution in [-0.2, 0) is 16.1 Å². The molecule has 0 aliphatic carbocycles. The maximum Gasteiger partial charge on any atom is 0.331 e. The van der Waals surface area contributed by atoms with Crippen molar-refractivity contribution >= 4 is 23.9 Å². The Kier molecular flexibility index (Phi) is 4.30. The summed E-state index contributed by atoms with van der Waals surface area (Å²) in [5.41, 5.74) is 0.864. The summed E-state index contributed by atoms with van der Waals surface area (Å²) < 4.78 is 13.0. The van der Waals surface area contributed by atoms with E-state index in [9.17, 15) is 23.9 Å². The van der Waals surface area contributed by atoms with Crippen molar-refractivity contribution in [3.63, 3.8) is 0 Å². The highest BCUT2D eigenvalue weighted by Crippen LogP contribution is 2.18. The summed E-state index contributed by atoms with van der Waals surface area (Å²) >= 11 is 0. The van der Waals surface area contributed by atoms with Gasteiger partial charge in [-0.05, 0) is 41.5 Å². The lowest BCUT2D eigenvalue weighted by molar-refractivity contribution is -0.130. The minimum atomic E-state index is -0.831. The Morgan fingerprint density at radius 3 is 2.28 bits per heavy atom. The van der Waals surface area contributed by atoms with Crippen molar-refractivity contribution in [2.24, 2.45) is 0 Å². The third-order valence-electron chi connectivity index (χ3n) is 3.64. The quantitative estimate of drug-likeness (QED) is 0.662. The van der Waals surface area contributed by atoms with E-state index in [-0.39, 0.29) is 17.9 Å². The van der Waals surface area contributed by atoms with Gasteiger partial charge in [0.2, 0.25) is 0 Å². The predicted molar refractivity (Wildman–Crippen MR) is 86.6 cm³/mol. The van der Waals surface area contributed by atoms with Crippen LogP contribution in [0.3, 0.4) is 0 Å². The molecular formula is C18H13FN2O4. The SMILES string of the molecule is O=C1NC(=O)N(Cc2ccc(F)cc2)C(=O)/C1=C/c1ccc(O)cc1. The molecule has 0 unspecified atom stereocenters. The van der Waals surface area contributed by atoms with Crippen molar-refractivity contribution in [2.45, 2.75) is 6.54 Å². The van der Waals surface area contributed by atoms with Crippen molar-refractivity contribution in [2.75, 3.05) is 0 Å². The first-order valence-electron chi connectivity index (χ1n) is 7.36. The molecule has 1 aliphatic rings. The van der Waals surface area contributed by atoms with Crippen LogP contribution >= 0.6 is 0 Å². The summed E-state index contributed by atoms with van der Waals surface area (Å²) in [4.78, 5) is 37.4. The summed E-state index contributed by atoms with van der Waals surface area (Å²) in [5, 5.41) is 11.4. The number of imide groups is 2. The van der Waals surface area contributed by atoms with Gasteiger partial charge < -0.3 is 5.11 Å². The molecule has 0 bridgehead atoms. The lowest BCUT2D eigenvalue weighted by Gasteiger charge is -2.26. The summed E-state index contributed by atoms with van der Waals surface area (Å²) in [6.45, 7) is -0.0921. The highest BCUT2D eigenvalue weighted by atomic mass is 19.1. The molecule has 2 aromatic rings. The smallest absolute Gasteiger partial charge is 0.331 e. The number of halogens is 1. The van der Waals surface area contributed by atoms with Crippen LogP contribution < -0.4 is 5.32 Å². The van der Waals surface area contributed by atoms with Gasteiger partial charge in [0, 0.05) is 0 Å². The second-order valence-corrected chi connectivity index (χ2v) is 5.43. The molecule has 2 aromatic carbocycles. The van der Waals surface area contributed by atoms with E-state index in [1.54, 1.807) is 0 Å². The standard InChI is InChI=1S/C18H13FN2O4/c19-13-5-1-12(2-6-13)10-21-17(24)15(16(23)20-18(21)25)9-11-3-7-14(22)8-4-11/h1-9,22H,10H2,(H,20,23,25)/b15-9+. The monoisotopic (exact) mass is 340 g/mol. The number of phenols is 1. The molecule has 0 radical (unpaired) electrons. The number of carbonyl (C=O) groups excluding carboxylic acids is 3. The van der Waals surface area contributed by atoms with Gasteiger partial charge in [-0.2, -0.15) is 0 Å². The number of hydrogen-bond acceptors (Lipinski definition) is 4. The van der Waals surface area contributed by atoms with Gasteiger partial charge in [-0.25, -0.2) is 9.18 Å². The molecule has 126 valence electrons. The topological polar surface area (TPSA) is 86.7 Å². The van der Waals surface area contributed by atoms with Crippen molar-refractivity contribution < 1.29 is 23.9 Å². The largest absolute Gasteiger partial charge is 0.508 e. The fraction of sp³-hybridized carbons (Fsp3) is 0.0556. The molecular weight excluding hydrogens is 327 g/mol. The second-order valence-electron chi connectivity index (χ2n) is 5.43. The summed E-state index contributed by atoms with van der Waals surface area (Å²) in [7, 11) is 0. The van der Waals surface area contributed by atoms with Gasteiger partial charge in [0.25, 0.3) is 11.8 Å². The first-order chi connectivity index (χ1) is 11.9. The number of aromatic hydroxyl groups is 1. The normalized spacial score (nSPS) is 16.3. The Bertz CT molecular complexity index is 873. The number of rotatable bonds is 3. The van der Waals surface area contributed by atoms with Gasteiger partial charge in [-0.3, -0.25) is 19.8 Å². The maximum absolute atomic E-state index is 13.0. The molecule has 1 aliphatic heterocycles. The van der Waals surface area contributed by atoms with Gasteiger partial charge in [-0.1, -0.05) is 24.3 Å².